The molecule has 134 valence electrons. The molecule has 0 radical (unpaired) electrons. The van der Waals surface area contributed by atoms with Crippen molar-refractivity contribution in [2.45, 2.75) is 13.0 Å². The number of likely N-dealkylation sites (N-methyl/N-ethyl adjacent to an activating group) is 1. The van der Waals surface area contributed by atoms with Gasteiger partial charge in [-0.3, -0.25) is 9.69 Å². The fourth-order valence-corrected chi connectivity index (χ4v) is 2.63. The van der Waals surface area contributed by atoms with Crippen LogP contribution in [0.2, 0.25) is 0 Å². The number of nitrogens with zero attached hydrogens (tertiary/aromatic N) is 3. The first-order chi connectivity index (χ1) is 11.6. The second-order valence-electron chi connectivity index (χ2n) is 6.10. The van der Waals surface area contributed by atoms with Crippen LogP contribution >= 0.6 is 0 Å². The molecule has 1 aromatic heterocycles. The summed E-state index contributed by atoms with van der Waals surface area (Å²) in [5.74, 6) is 0.191. The maximum Gasteiger partial charge on any atom is 0.256 e. The van der Waals surface area contributed by atoms with Gasteiger partial charge in [0.2, 0.25) is 5.88 Å². The summed E-state index contributed by atoms with van der Waals surface area (Å²) in [5.41, 5.74) is 0.458. The zero-order valence-corrected chi connectivity index (χ0v) is 14.8. The molecule has 1 N–H and O–H groups in total. The molecule has 7 nitrogen and oxygen atoms in total. The van der Waals surface area contributed by atoms with Gasteiger partial charge in [0.1, 0.15) is 12.2 Å². The van der Waals surface area contributed by atoms with E-state index in [9.17, 15) is 4.79 Å². The van der Waals surface area contributed by atoms with E-state index in [2.05, 4.69) is 34.1 Å². The van der Waals surface area contributed by atoms with Crippen LogP contribution in [-0.2, 0) is 4.74 Å². The first-order valence-electron chi connectivity index (χ1n) is 8.39. The molecule has 1 aliphatic heterocycles. The summed E-state index contributed by atoms with van der Waals surface area (Å²) in [5, 5.41) is 2.99. The number of carbonyl (C=O) groups is 1. The number of piperazine rings is 1. The average Bonchev–Trinajstić information content (AvgIpc) is 2.60. The predicted molar refractivity (Wildman–Crippen MR) is 92.5 cm³/mol. The minimum atomic E-state index is -0.156. The van der Waals surface area contributed by atoms with Gasteiger partial charge in [0, 0.05) is 52.1 Å². The molecule has 1 fully saturated rings. The molecule has 1 aliphatic rings. The van der Waals surface area contributed by atoms with E-state index in [1.54, 1.807) is 25.4 Å². The normalized spacial score (nSPS) is 17.5. The van der Waals surface area contributed by atoms with E-state index in [1.165, 1.54) is 0 Å². The van der Waals surface area contributed by atoms with Crippen LogP contribution in [0.3, 0.4) is 0 Å². The van der Waals surface area contributed by atoms with Gasteiger partial charge >= 0.3 is 0 Å². The van der Waals surface area contributed by atoms with Crippen LogP contribution in [0, 0.1) is 0 Å². The summed E-state index contributed by atoms with van der Waals surface area (Å²) in [4.78, 5) is 21.3. The summed E-state index contributed by atoms with van der Waals surface area (Å²) < 4.78 is 10.5. The zero-order valence-electron chi connectivity index (χ0n) is 14.8. The average molecular weight is 336 g/mol. The fraction of sp³-hybridized carbons (Fsp3) is 0.647. The monoisotopic (exact) mass is 336 g/mol. The van der Waals surface area contributed by atoms with Crippen LogP contribution in [0.25, 0.3) is 0 Å². The minimum Gasteiger partial charge on any atom is -0.475 e. The third-order valence-electron chi connectivity index (χ3n) is 4.26. The minimum absolute atomic E-state index is 0.156. The van der Waals surface area contributed by atoms with Gasteiger partial charge in [-0.25, -0.2) is 4.98 Å². The van der Waals surface area contributed by atoms with Crippen LogP contribution in [0.4, 0.5) is 0 Å². The number of hydrogen-bond donors (Lipinski definition) is 1. The van der Waals surface area contributed by atoms with Gasteiger partial charge in [-0.1, -0.05) is 0 Å². The summed E-state index contributed by atoms with van der Waals surface area (Å²) in [6.45, 7) is 7.78. The number of aromatic nitrogens is 1. The van der Waals surface area contributed by atoms with Crippen molar-refractivity contribution in [1.29, 1.82) is 0 Å². The summed E-state index contributed by atoms with van der Waals surface area (Å²) in [6, 6.07) is 3.77. The van der Waals surface area contributed by atoms with E-state index in [4.69, 9.17) is 9.47 Å². The van der Waals surface area contributed by atoms with E-state index in [-0.39, 0.29) is 5.91 Å². The lowest BCUT2D eigenvalue weighted by Gasteiger charge is -2.36. The number of pyridine rings is 1. The number of carbonyl (C=O) groups excluding carboxylic acids is 1. The third kappa shape index (κ3) is 5.43. The van der Waals surface area contributed by atoms with Gasteiger partial charge in [-0.15, -0.1) is 0 Å². The molecule has 2 rings (SSSR count). The number of ether oxygens (including phenoxy) is 2. The molecular weight excluding hydrogens is 308 g/mol. The Morgan fingerprint density at radius 3 is 2.79 bits per heavy atom. The van der Waals surface area contributed by atoms with Gasteiger partial charge in [0.05, 0.1) is 6.61 Å². The largest absolute Gasteiger partial charge is 0.475 e. The lowest BCUT2D eigenvalue weighted by atomic mass is 10.2. The Balaban J connectivity index is 1.85. The molecule has 1 amide bonds. The van der Waals surface area contributed by atoms with Gasteiger partial charge in [-0.05, 0) is 26.1 Å². The van der Waals surface area contributed by atoms with Crippen molar-refractivity contribution in [2.24, 2.45) is 0 Å². The Labute approximate surface area is 143 Å². The molecule has 24 heavy (non-hydrogen) atoms. The Bertz CT molecular complexity index is 518. The maximum absolute atomic E-state index is 12.4. The van der Waals surface area contributed by atoms with Crippen molar-refractivity contribution in [1.82, 2.24) is 20.1 Å². The highest BCUT2D eigenvalue weighted by Crippen LogP contribution is 2.14. The first-order valence-corrected chi connectivity index (χ1v) is 8.39. The molecule has 0 aliphatic carbocycles. The highest BCUT2D eigenvalue weighted by atomic mass is 16.5. The lowest BCUT2D eigenvalue weighted by molar-refractivity contribution is 0.0895. The summed E-state index contributed by atoms with van der Waals surface area (Å²) in [7, 11) is 3.74. The Morgan fingerprint density at radius 1 is 1.33 bits per heavy atom. The lowest BCUT2D eigenvalue weighted by Crippen LogP contribution is -2.51. The van der Waals surface area contributed by atoms with Crippen LogP contribution in [-0.4, -0.2) is 86.8 Å². The molecule has 1 unspecified atom stereocenters. The molecule has 0 saturated carbocycles. The van der Waals surface area contributed by atoms with E-state index in [0.29, 0.717) is 37.2 Å². The maximum atomic E-state index is 12.4. The van der Waals surface area contributed by atoms with Crippen molar-refractivity contribution in [3.63, 3.8) is 0 Å². The second-order valence-corrected chi connectivity index (χ2v) is 6.10. The van der Waals surface area contributed by atoms with Crippen LogP contribution in [0.5, 0.6) is 5.88 Å². The number of amides is 1. The van der Waals surface area contributed by atoms with Crippen LogP contribution in [0.15, 0.2) is 18.3 Å². The first kappa shape index (κ1) is 18.6. The number of hydrogen-bond acceptors (Lipinski definition) is 6. The molecule has 1 saturated heterocycles. The van der Waals surface area contributed by atoms with Gasteiger partial charge < -0.3 is 19.7 Å². The molecule has 0 bridgehead atoms. The molecule has 1 aromatic rings. The van der Waals surface area contributed by atoms with Crippen molar-refractivity contribution in [3.8, 4) is 5.88 Å². The topological polar surface area (TPSA) is 66.9 Å². The van der Waals surface area contributed by atoms with Crippen molar-refractivity contribution >= 4 is 5.91 Å². The second kappa shape index (κ2) is 9.56. The van der Waals surface area contributed by atoms with E-state index in [0.717, 1.165) is 26.2 Å². The smallest absolute Gasteiger partial charge is 0.256 e. The predicted octanol–water partition coefficient (Wildman–Crippen LogP) is 0.473. The molecule has 0 aromatic carbocycles. The third-order valence-corrected chi connectivity index (χ3v) is 4.26. The molecular formula is C17H28N4O3. The van der Waals surface area contributed by atoms with E-state index < -0.39 is 0 Å². The van der Waals surface area contributed by atoms with Crippen molar-refractivity contribution < 1.29 is 14.3 Å². The SMILES string of the molecule is COCCOc1ncccc1C(=O)NCC(C)N1CCN(C)CC1. The van der Waals surface area contributed by atoms with E-state index in [1.807, 2.05) is 0 Å². The Morgan fingerprint density at radius 2 is 2.08 bits per heavy atom. The highest BCUT2D eigenvalue weighted by molar-refractivity contribution is 5.96. The fourth-order valence-electron chi connectivity index (χ4n) is 2.63. The zero-order chi connectivity index (χ0) is 17.4. The number of nitrogens with one attached hydrogen (secondary N) is 1. The molecule has 0 spiro atoms. The number of methoxy groups -OCH3 is 1. The Kier molecular flexibility index (Phi) is 7.42. The summed E-state index contributed by atoms with van der Waals surface area (Å²) >= 11 is 0. The molecule has 7 heteroatoms. The quantitative estimate of drug-likeness (QED) is 0.696. The highest BCUT2D eigenvalue weighted by Gasteiger charge is 2.20. The standard InChI is InChI=1S/C17H28N4O3/c1-14(21-9-7-20(2)8-10-21)13-19-16(22)15-5-4-6-18-17(15)24-12-11-23-3/h4-6,14H,7-13H2,1-3H3,(H,19,22). The van der Waals surface area contributed by atoms with Crippen molar-refractivity contribution in [3.05, 3.63) is 23.9 Å². The van der Waals surface area contributed by atoms with Crippen LogP contribution < -0.4 is 10.1 Å². The van der Waals surface area contributed by atoms with Gasteiger partial charge in [0.15, 0.2) is 0 Å². The van der Waals surface area contributed by atoms with Gasteiger partial charge in [-0.2, -0.15) is 0 Å². The van der Waals surface area contributed by atoms with Crippen LogP contribution in [0.1, 0.15) is 17.3 Å². The van der Waals surface area contributed by atoms with Crippen molar-refractivity contribution in [2.75, 3.05) is 60.1 Å². The molecule has 1 atom stereocenters. The molecule has 2 heterocycles. The van der Waals surface area contributed by atoms with Gasteiger partial charge in [0.25, 0.3) is 5.91 Å². The Hall–Kier alpha value is -1.70. The number of rotatable bonds is 8. The van der Waals surface area contributed by atoms with E-state index >= 15 is 0 Å². The summed E-state index contributed by atoms with van der Waals surface area (Å²) in [6.07, 6.45) is 1.62.